The summed E-state index contributed by atoms with van der Waals surface area (Å²) in [7, 11) is 2.56. The van der Waals surface area contributed by atoms with Gasteiger partial charge in [-0.2, -0.15) is 0 Å². The van der Waals surface area contributed by atoms with E-state index in [9.17, 15) is 0 Å². The van der Waals surface area contributed by atoms with Gasteiger partial charge in [0.05, 0.1) is 0 Å². The highest BCUT2D eigenvalue weighted by Gasteiger charge is 1.27. The highest BCUT2D eigenvalue weighted by molar-refractivity contribution is 5.97. The summed E-state index contributed by atoms with van der Waals surface area (Å²) < 4.78 is 4.39. The summed E-state index contributed by atoms with van der Waals surface area (Å²) >= 11 is 0. The lowest BCUT2D eigenvalue weighted by Gasteiger charge is -1.61. The molecule has 0 saturated carbocycles. The summed E-state index contributed by atoms with van der Waals surface area (Å²) in [5.41, 5.74) is 0. The molecule has 2 heteroatoms. The normalized spacial score (nSPS) is 5.40. The molecule has 0 atom stereocenters. The first-order chi connectivity index (χ1) is 2.41. The quantitative estimate of drug-likeness (QED) is 0.380. The smallest absolute Gasteiger partial charge is 0.145 e. The van der Waals surface area contributed by atoms with Gasteiger partial charge >= 0.3 is 0 Å². The van der Waals surface area contributed by atoms with Gasteiger partial charge in [0.2, 0.25) is 0 Å². The van der Waals surface area contributed by atoms with Crippen LogP contribution in [0, 0.1) is 0 Å². The third-order valence-corrected chi connectivity index (χ3v) is 0. The van der Waals surface area contributed by atoms with E-state index in [1.165, 1.54) is 0 Å². The van der Waals surface area contributed by atoms with Crippen molar-refractivity contribution >= 4 is 10.5 Å². The van der Waals surface area contributed by atoms with Crippen molar-refractivity contribution < 1.29 is 4.43 Å². The van der Waals surface area contributed by atoms with Crippen LogP contribution in [0.5, 0.6) is 0 Å². The summed E-state index contributed by atoms with van der Waals surface area (Å²) in [6.07, 6.45) is 0. The minimum Gasteiger partial charge on any atom is -0.431 e. The van der Waals surface area contributed by atoms with Crippen LogP contribution in [-0.4, -0.2) is 17.6 Å². The molecule has 0 fully saturated rings. The van der Waals surface area contributed by atoms with E-state index in [-0.39, 0.29) is 0 Å². The molecule has 0 heterocycles. The van der Waals surface area contributed by atoms with Crippen LogP contribution in [0.1, 0.15) is 13.8 Å². The molecular weight excluding hydrogens is 80.1 g/mol. The Morgan fingerprint density at radius 1 is 1.40 bits per heavy atom. The van der Waals surface area contributed by atoms with Crippen LogP contribution in [0.4, 0.5) is 0 Å². The topological polar surface area (TPSA) is 9.23 Å². The Morgan fingerprint density at radius 3 is 1.40 bits per heavy atom. The Bertz CT molecular complexity index is 6.85. The molecule has 0 aliphatic carbocycles. The third kappa shape index (κ3) is 633. The van der Waals surface area contributed by atoms with Crippen LogP contribution < -0.4 is 0 Å². The molecule has 0 aromatic heterocycles. The van der Waals surface area contributed by atoms with Crippen LogP contribution in [0.15, 0.2) is 0 Å². The Balaban J connectivity index is 0. The molecule has 0 saturated heterocycles. The largest absolute Gasteiger partial charge is 0.431 e. The minimum atomic E-state index is 0.869. The zero-order valence-corrected chi connectivity index (χ0v) is 6.41. The van der Waals surface area contributed by atoms with Gasteiger partial charge in [-0.05, 0) is 0 Å². The summed E-state index contributed by atoms with van der Waals surface area (Å²) in [6, 6.07) is 0. The zero-order valence-electron chi connectivity index (χ0n) is 4.41. The fourth-order valence-electron chi connectivity index (χ4n) is 0. The second-order valence-corrected chi connectivity index (χ2v) is 1.22. The van der Waals surface area contributed by atoms with E-state index in [0.717, 1.165) is 10.5 Å². The van der Waals surface area contributed by atoms with Gasteiger partial charge in [-0.3, -0.25) is 0 Å². The zero-order chi connectivity index (χ0) is 4.71. The van der Waals surface area contributed by atoms with Crippen LogP contribution in [-0.2, 0) is 4.43 Å². The molecule has 0 aliphatic heterocycles. The Labute approximate surface area is 36.9 Å². The summed E-state index contributed by atoms with van der Waals surface area (Å²) in [4.78, 5) is 0. The lowest BCUT2D eigenvalue weighted by Crippen LogP contribution is -1.60. The molecule has 0 radical (unpaired) electrons. The van der Waals surface area contributed by atoms with Crippen molar-refractivity contribution in [3.05, 3.63) is 0 Å². The van der Waals surface area contributed by atoms with Crippen molar-refractivity contribution in [2.45, 2.75) is 13.8 Å². The molecular formula is C3H12OSi. The maximum Gasteiger partial charge on any atom is 0.145 e. The van der Waals surface area contributed by atoms with Crippen molar-refractivity contribution in [3.8, 4) is 0 Å². The van der Waals surface area contributed by atoms with Gasteiger partial charge in [0.1, 0.15) is 10.5 Å². The second kappa shape index (κ2) is 30.4. The highest BCUT2D eigenvalue weighted by atomic mass is 28.2. The minimum absolute atomic E-state index is 0.869. The summed E-state index contributed by atoms with van der Waals surface area (Å²) in [5.74, 6) is 0. The first kappa shape index (κ1) is 8.95. The van der Waals surface area contributed by atoms with E-state index >= 15 is 0 Å². The van der Waals surface area contributed by atoms with Gasteiger partial charge in [-0.25, -0.2) is 0 Å². The maximum absolute atomic E-state index is 4.39. The maximum atomic E-state index is 4.39. The first-order valence-electron chi connectivity index (χ1n) is 1.82. The van der Waals surface area contributed by atoms with Crippen LogP contribution in [0.3, 0.4) is 0 Å². The van der Waals surface area contributed by atoms with Crippen LogP contribution >= 0.6 is 0 Å². The first-order valence-corrected chi connectivity index (χ1v) is 2.63. The molecule has 0 aromatic carbocycles. The van der Waals surface area contributed by atoms with Crippen LogP contribution in [0.2, 0.25) is 0 Å². The van der Waals surface area contributed by atoms with E-state index < -0.39 is 0 Å². The van der Waals surface area contributed by atoms with E-state index in [0.29, 0.717) is 0 Å². The fraction of sp³-hybridized carbons (Fsp3) is 1.00. The predicted molar refractivity (Wildman–Crippen MR) is 28.3 cm³/mol. The molecule has 0 bridgehead atoms. The molecule has 0 aliphatic rings. The Morgan fingerprint density at radius 2 is 1.40 bits per heavy atom. The molecule has 0 N–H and O–H groups in total. The van der Waals surface area contributed by atoms with Gasteiger partial charge in [0.15, 0.2) is 0 Å². The Kier molecular flexibility index (Phi) is 54.5. The van der Waals surface area contributed by atoms with Gasteiger partial charge in [0.25, 0.3) is 0 Å². The molecule has 0 aromatic rings. The van der Waals surface area contributed by atoms with Gasteiger partial charge in [-0.15, -0.1) is 0 Å². The number of rotatable bonds is 0. The van der Waals surface area contributed by atoms with Crippen LogP contribution in [0.25, 0.3) is 0 Å². The average molecular weight is 92.2 g/mol. The van der Waals surface area contributed by atoms with Crippen molar-refractivity contribution in [3.63, 3.8) is 0 Å². The summed E-state index contributed by atoms with van der Waals surface area (Å²) in [6.45, 7) is 4.00. The third-order valence-electron chi connectivity index (χ3n) is 0. The van der Waals surface area contributed by atoms with Gasteiger partial charge in [-0.1, -0.05) is 13.8 Å². The van der Waals surface area contributed by atoms with Gasteiger partial charge in [0, 0.05) is 7.11 Å². The van der Waals surface area contributed by atoms with Crippen molar-refractivity contribution in [2.24, 2.45) is 0 Å². The van der Waals surface area contributed by atoms with Crippen molar-refractivity contribution in [1.29, 1.82) is 0 Å². The monoisotopic (exact) mass is 92.1 g/mol. The molecule has 0 amide bonds. The molecule has 0 unspecified atom stereocenters. The molecule has 5 heavy (non-hydrogen) atoms. The molecule has 34 valence electrons. The average Bonchev–Trinajstić information content (AvgIpc) is 1.46. The number of hydrogen-bond acceptors (Lipinski definition) is 1. The fourth-order valence-corrected chi connectivity index (χ4v) is 0. The summed E-state index contributed by atoms with van der Waals surface area (Å²) in [5, 5.41) is 0. The van der Waals surface area contributed by atoms with Crippen molar-refractivity contribution in [1.82, 2.24) is 0 Å². The molecule has 1 nitrogen and oxygen atoms in total. The highest BCUT2D eigenvalue weighted by Crippen LogP contribution is 1.24. The van der Waals surface area contributed by atoms with Gasteiger partial charge < -0.3 is 4.43 Å². The standard InChI is InChI=1S/C2H6.CH6OSi/c1-2;1-2-3/h1-2H3;1,3H3. The SMILES string of the molecule is CC.CO[SiH3]. The van der Waals surface area contributed by atoms with Crippen molar-refractivity contribution in [2.75, 3.05) is 7.11 Å². The van der Waals surface area contributed by atoms with E-state index in [1.807, 2.05) is 13.8 Å². The van der Waals surface area contributed by atoms with E-state index in [2.05, 4.69) is 4.43 Å². The Hall–Kier alpha value is 0.177. The second-order valence-electron chi connectivity index (χ2n) is 0.408. The molecule has 0 spiro atoms. The number of hydrogen-bond donors (Lipinski definition) is 0. The van der Waals surface area contributed by atoms with E-state index in [4.69, 9.17) is 0 Å². The lowest BCUT2D eigenvalue weighted by molar-refractivity contribution is 0.460. The lowest BCUT2D eigenvalue weighted by atomic mass is 11.0. The van der Waals surface area contributed by atoms with E-state index in [1.54, 1.807) is 7.11 Å². The molecule has 0 rings (SSSR count). The predicted octanol–water partition coefficient (Wildman–Crippen LogP) is -0.0606.